The van der Waals surface area contributed by atoms with Crippen LogP contribution in [0.4, 0.5) is 20.3 Å². The van der Waals surface area contributed by atoms with Crippen molar-refractivity contribution in [2.75, 3.05) is 30.9 Å². The van der Waals surface area contributed by atoms with Crippen molar-refractivity contribution in [2.24, 2.45) is 5.92 Å². The summed E-state index contributed by atoms with van der Waals surface area (Å²) in [6.07, 6.45) is 3.80. The molecule has 0 bridgehead atoms. The fourth-order valence-electron chi connectivity index (χ4n) is 4.47. The number of aromatic nitrogens is 1. The van der Waals surface area contributed by atoms with Gasteiger partial charge in [-0.1, -0.05) is 24.3 Å². The van der Waals surface area contributed by atoms with E-state index in [1.807, 2.05) is 32.3 Å². The highest BCUT2D eigenvalue weighted by atomic mass is 19.2. The van der Waals surface area contributed by atoms with E-state index >= 15 is 0 Å². The summed E-state index contributed by atoms with van der Waals surface area (Å²) in [4.78, 5) is 19.2. The Morgan fingerprint density at radius 2 is 1.79 bits per heavy atom. The van der Waals surface area contributed by atoms with Gasteiger partial charge in [0.1, 0.15) is 5.82 Å². The summed E-state index contributed by atoms with van der Waals surface area (Å²) < 4.78 is 27.8. The largest absolute Gasteiger partial charge is 0.377 e. The lowest BCUT2D eigenvalue weighted by Gasteiger charge is -2.30. The number of para-hydroxylation sites is 1. The number of nitrogens with one attached hydrogen (secondary N) is 2. The Balaban J connectivity index is 1.32. The average molecular weight is 453 g/mol. The number of halogens is 2. The third kappa shape index (κ3) is 5.07. The standard InChI is InChI=1S/C26H30F2N4O/c1-16-8-13-20(25(28)24(16)27)26(33)29-15-17-9-11-18(12-10-17)30-23-14-22(32(2)3)19-6-4-5-7-21(19)31-23/h4-8,13-14,17-18H,9-12,15H2,1-3H3,(H,29,33)(H,30,31)/t17-,18+. The van der Waals surface area contributed by atoms with Gasteiger partial charge in [0, 0.05) is 43.8 Å². The number of anilines is 2. The van der Waals surface area contributed by atoms with Crippen molar-refractivity contribution < 1.29 is 13.6 Å². The van der Waals surface area contributed by atoms with Crippen LogP contribution in [0.25, 0.3) is 10.9 Å². The average Bonchev–Trinajstić information content (AvgIpc) is 2.81. The molecular weight excluding hydrogens is 422 g/mol. The number of benzene rings is 2. The normalized spacial score (nSPS) is 18.2. The first-order valence-corrected chi connectivity index (χ1v) is 11.4. The molecule has 1 aliphatic rings. The Kier molecular flexibility index (Phi) is 6.77. The molecule has 0 unspecified atom stereocenters. The Hall–Kier alpha value is -3.22. The molecule has 0 spiro atoms. The number of pyridine rings is 1. The molecule has 174 valence electrons. The summed E-state index contributed by atoms with van der Waals surface area (Å²) in [5.41, 5.74) is 2.03. The van der Waals surface area contributed by atoms with Crippen molar-refractivity contribution in [1.29, 1.82) is 0 Å². The molecular formula is C26H30F2N4O. The first kappa shape index (κ1) is 23.0. The van der Waals surface area contributed by atoms with Crippen molar-refractivity contribution >= 4 is 28.3 Å². The highest BCUT2D eigenvalue weighted by molar-refractivity contribution is 5.94. The second-order valence-electron chi connectivity index (χ2n) is 9.07. The van der Waals surface area contributed by atoms with E-state index < -0.39 is 17.5 Å². The molecule has 0 atom stereocenters. The molecule has 1 saturated carbocycles. The number of carbonyl (C=O) groups excluding carboxylic acids is 1. The zero-order valence-electron chi connectivity index (χ0n) is 19.3. The van der Waals surface area contributed by atoms with Crippen molar-refractivity contribution in [3.8, 4) is 0 Å². The molecule has 0 radical (unpaired) electrons. The van der Waals surface area contributed by atoms with E-state index in [0.29, 0.717) is 18.5 Å². The van der Waals surface area contributed by atoms with Gasteiger partial charge >= 0.3 is 0 Å². The van der Waals surface area contributed by atoms with Crippen LogP contribution < -0.4 is 15.5 Å². The molecule has 7 heteroatoms. The van der Waals surface area contributed by atoms with E-state index in [1.54, 1.807) is 0 Å². The van der Waals surface area contributed by atoms with Gasteiger partial charge in [-0.15, -0.1) is 0 Å². The van der Waals surface area contributed by atoms with Crippen LogP contribution in [0.1, 0.15) is 41.6 Å². The summed E-state index contributed by atoms with van der Waals surface area (Å²) >= 11 is 0. The van der Waals surface area contributed by atoms with Crippen LogP contribution in [-0.2, 0) is 0 Å². The van der Waals surface area contributed by atoms with Crippen molar-refractivity contribution in [2.45, 2.75) is 38.6 Å². The third-order valence-electron chi connectivity index (χ3n) is 6.45. The molecule has 3 aromatic rings. The number of carbonyl (C=O) groups is 1. The van der Waals surface area contributed by atoms with Crippen LogP contribution in [0.15, 0.2) is 42.5 Å². The number of nitrogens with zero attached hydrogens (tertiary/aromatic N) is 2. The van der Waals surface area contributed by atoms with E-state index in [4.69, 9.17) is 4.98 Å². The zero-order chi connectivity index (χ0) is 23.5. The summed E-state index contributed by atoms with van der Waals surface area (Å²) in [5, 5.41) is 7.48. The number of rotatable bonds is 6. The zero-order valence-corrected chi connectivity index (χ0v) is 19.3. The molecule has 1 heterocycles. The van der Waals surface area contributed by atoms with Gasteiger partial charge in [0.2, 0.25) is 0 Å². The number of amides is 1. The van der Waals surface area contributed by atoms with Crippen molar-refractivity contribution in [3.63, 3.8) is 0 Å². The maximum absolute atomic E-state index is 14.1. The predicted molar refractivity (Wildman–Crippen MR) is 129 cm³/mol. The molecule has 1 amide bonds. The van der Waals surface area contributed by atoms with Gasteiger partial charge in [-0.25, -0.2) is 13.8 Å². The van der Waals surface area contributed by atoms with E-state index in [0.717, 1.165) is 48.1 Å². The molecule has 1 aromatic heterocycles. The Labute approximate surface area is 193 Å². The van der Waals surface area contributed by atoms with E-state index in [1.165, 1.54) is 19.1 Å². The second kappa shape index (κ2) is 9.73. The summed E-state index contributed by atoms with van der Waals surface area (Å²) in [5.74, 6) is -1.43. The van der Waals surface area contributed by atoms with Crippen molar-refractivity contribution in [3.05, 3.63) is 65.2 Å². The molecule has 4 rings (SSSR count). The number of hydrogen-bond donors (Lipinski definition) is 2. The third-order valence-corrected chi connectivity index (χ3v) is 6.45. The SMILES string of the molecule is Cc1ccc(C(=O)NC[C@H]2CC[C@@H](Nc3cc(N(C)C)c4ccccc4n3)CC2)c(F)c1F. The minimum absolute atomic E-state index is 0.188. The lowest BCUT2D eigenvalue weighted by atomic mass is 9.86. The maximum atomic E-state index is 14.1. The minimum atomic E-state index is -1.08. The van der Waals surface area contributed by atoms with E-state index in [9.17, 15) is 13.6 Å². The van der Waals surface area contributed by atoms with Crippen LogP contribution in [0.5, 0.6) is 0 Å². The van der Waals surface area contributed by atoms with Crippen LogP contribution in [0.3, 0.4) is 0 Å². The summed E-state index contributed by atoms with van der Waals surface area (Å²) in [7, 11) is 4.06. The quantitative estimate of drug-likeness (QED) is 0.534. The lowest BCUT2D eigenvalue weighted by molar-refractivity contribution is 0.0938. The van der Waals surface area contributed by atoms with E-state index in [2.05, 4.69) is 27.7 Å². The van der Waals surface area contributed by atoms with Gasteiger partial charge in [0.15, 0.2) is 11.6 Å². The van der Waals surface area contributed by atoms with Crippen LogP contribution in [-0.4, -0.2) is 37.6 Å². The lowest BCUT2D eigenvalue weighted by Crippen LogP contribution is -2.34. The predicted octanol–water partition coefficient (Wildman–Crippen LogP) is 5.29. The first-order valence-electron chi connectivity index (χ1n) is 11.4. The molecule has 0 aliphatic heterocycles. The highest BCUT2D eigenvalue weighted by Crippen LogP contribution is 2.30. The van der Waals surface area contributed by atoms with Gasteiger partial charge in [-0.3, -0.25) is 4.79 Å². The highest BCUT2D eigenvalue weighted by Gasteiger charge is 2.23. The summed E-state index contributed by atoms with van der Waals surface area (Å²) in [6.45, 7) is 1.93. The van der Waals surface area contributed by atoms with Crippen molar-refractivity contribution in [1.82, 2.24) is 10.3 Å². The molecule has 2 aromatic carbocycles. The molecule has 33 heavy (non-hydrogen) atoms. The topological polar surface area (TPSA) is 57.3 Å². The molecule has 5 nitrogen and oxygen atoms in total. The van der Waals surface area contributed by atoms with Gasteiger partial charge in [-0.2, -0.15) is 0 Å². The molecule has 0 saturated heterocycles. The fraction of sp³-hybridized carbons (Fsp3) is 0.385. The number of aryl methyl sites for hydroxylation is 1. The van der Waals surface area contributed by atoms with E-state index in [-0.39, 0.29) is 11.1 Å². The van der Waals surface area contributed by atoms with Gasteiger partial charge in [-0.05, 0) is 56.2 Å². The fourth-order valence-corrected chi connectivity index (χ4v) is 4.47. The monoisotopic (exact) mass is 452 g/mol. The minimum Gasteiger partial charge on any atom is -0.377 e. The second-order valence-corrected chi connectivity index (χ2v) is 9.07. The van der Waals surface area contributed by atoms with Crippen LogP contribution >= 0.6 is 0 Å². The Bertz CT molecular complexity index is 1160. The maximum Gasteiger partial charge on any atom is 0.254 e. The Morgan fingerprint density at radius 3 is 2.52 bits per heavy atom. The van der Waals surface area contributed by atoms with Gasteiger partial charge in [0.25, 0.3) is 5.91 Å². The number of fused-ring (bicyclic) bond motifs is 1. The smallest absolute Gasteiger partial charge is 0.254 e. The first-order chi connectivity index (χ1) is 15.8. The molecule has 1 aliphatic carbocycles. The van der Waals surface area contributed by atoms with Gasteiger partial charge in [0.05, 0.1) is 11.1 Å². The van der Waals surface area contributed by atoms with Crippen LogP contribution in [0.2, 0.25) is 0 Å². The van der Waals surface area contributed by atoms with Crippen LogP contribution in [0, 0.1) is 24.5 Å². The summed E-state index contributed by atoms with van der Waals surface area (Å²) in [6, 6.07) is 13.3. The Morgan fingerprint density at radius 1 is 1.06 bits per heavy atom. The molecule has 2 N–H and O–H groups in total. The van der Waals surface area contributed by atoms with Gasteiger partial charge < -0.3 is 15.5 Å². The number of hydrogen-bond acceptors (Lipinski definition) is 4. The molecule has 1 fully saturated rings.